The second-order valence-corrected chi connectivity index (χ2v) is 3.59. The summed E-state index contributed by atoms with van der Waals surface area (Å²) < 4.78 is 9.02. The van der Waals surface area contributed by atoms with Gasteiger partial charge in [0.25, 0.3) is 0 Å². The van der Waals surface area contributed by atoms with Crippen LogP contribution in [0.15, 0.2) is 24.3 Å². The number of methoxy groups -OCH3 is 2. The van der Waals surface area contributed by atoms with Crippen molar-refractivity contribution in [1.82, 2.24) is 0 Å². The minimum Gasteiger partial charge on any atom is -0.465 e. The van der Waals surface area contributed by atoms with Crippen LogP contribution in [0.3, 0.4) is 0 Å². The molecule has 1 aromatic rings. The molecule has 0 saturated carbocycles. The van der Waals surface area contributed by atoms with Gasteiger partial charge in [0.1, 0.15) is 0 Å². The second kappa shape index (κ2) is 9.07. The van der Waals surface area contributed by atoms with Crippen molar-refractivity contribution in [3.8, 4) is 0 Å². The first kappa shape index (κ1) is 17.1. The Kier molecular flexibility index (Phi) is 8.15. The highest BCUT2D eigenvalue weighted by Gasteiger charge is 2.08. The molecule has 0 amide bonds. The molecule has 1 atom stereocenters. The van der Waals surface area contributed by atoms with Crippen LogP contribution in [-0.2, 0) is 9.47 Å². The third-order valence-corrected chi connectivity index (χ3v) is 1.99. The molecule has 19 heavy (non-hydrogen) atoms. The summed E-state index contributed by atoms with van der Waals surface area (Å²) >= 11 is 0. The molecule has 0 bridgehead atoms. The lowest BCUT2D eigenvalue weighted by atomic mass is 10.1. The van der Waals surface area contributed by atoms with Crippen molar-refractivity contribution in [3.05, 3.63) is 35.4 Å². The van der Waals surface area contributed by atoms with Gasteiger partial charge >= 0.3 is 11.9 Å². The van der Waals surface area contributed by atoms with Crippen LogP contribution < -0.4 is 0 Å². The number of esters is 2. The summed E-state index contributed by atoms with van der Waals surface area (Å²) in [5.41, 5.74) is 0.806. The quantitative estimate of drug-likeness (QED) is 0.782. The van der Waals surface area contributed by atoms with Crippen LogP contribution in [0.5, 0.6) is 0 Å². The van der Waals surface area contributed by atoms with Gasteiger partial charge in [0, 0.05) is 0 Å². The Balaban J connectivity index is 0.000000555. The molecule has 1 unspecified atom stereocenters. The summed E-state index contributed by atoms with van der Waals surface area (Å²) in [6, 6.07) is 6.05. The maximum atomic E-state index is 11.0. The number of rotatable bonds is 3. The van der Waals surface area contributed by atoms with Crippen molar-refractivity contribution < 1.29 is 29.3 Å². The van der Waals surface area contributed by atoms with Gasteiger partial charge in [0.05, 0.1) is 38.1 Å². The van der Waals surface area contributed by atoms with E-state index in [1.807, 2.05) is 0 Å². The zero-order valence-corrected chi connectivity index (χ0v) is 11.1. The van der Waals surface area contributed by atoms with E-state index in [0.29, 0.717) is 11.1 Å². The van der Waals surface area contributed by atoms with Gasteiger partial charge in [0.15, 0.2) is 0 Å². The van der Waals surface area contributed by atoms with Crippen LogP contribution in [0.4, 0.5) is 0 Å². The van der Waals surface area contributed by atoms with E-state index in [1.54, 1.807) is 0 Å². The van der Waals surface area contributed by atoms with Crippen molar-refractivity contribution in [2.75, 3.05) is 20.8 Å². The Hall–Kier alpha value is -1.92. The van der Waals surface area contributed by atoms with Crippen LogP contribution in [0, 0.1) is 0 Å². The zero-order valence-electron chi connectivity index (χ0n) is 11.1. The first-order valence-electron chi connectivity index (χ1n) is 5.51. The van der Waals surface area contributed by atoms with Gasteiger partial charge in [-0.2, -0.15) is 0 Å². The SMILES string of the molecule is CC(O)CO.COC(=O)c1ccc(C(=O)OC)cc1. The van der Waals surface area contributed by atoms with Crippen LogP contribution >= 0.6 is 0 Å². The van der Waals surface area contributed by atoms with Gasteiger partial charge < -0.3 is 19.7 Å². The summed E-state index contributed by atoms with van der Waals surface area (Å²) in [5, 5.41) is 16.0. The molecule has 6 heteroatoms. The Bertz CT molecular complexity index is 361. The van der Waals surface area contributed by atoms with Gasteiger partial charge in [-0.3, -0.25) is 0 Å². The van der Waals surface area contributed by atoms with E-state index >= 15 is 0 Å². The van der Waals surface area contributed by atoms with E-state index in [2.05, 4.69) is 9.47 Å². The fraction of sp³-hybridized carbons (Fsp3) is 0.385. The largest absolute Gasteiger partial charge is 0.465 e. The highest BCUT2D eigenvalue weighted by Crippen LogP contribution is 2.06. The number of aliphatic hydroxyl groups is 2. The maximum absolute atomic E-state index is 11.0. The molecule has 0 spiro atoms. The molecule has 6 nitrogen and oxygen atoms in total. The van der Waals surface area contributed by atoms with Crippen molar-refractivity contribution in [1.29, 1.82) is 0 Å². The van der Waals surface area contributed by atoms with E-state index in [4.69, 9.17) is 10.2 Å². The number of hydrogen-bond acceptors (Lipinski definition) is 6. The fourth-order valence-electron chi connectivity index (χ4n) is 0.978. The number of aliphatic hydroxyl groups excluding tert-OH is 2. The molecule has 0 aliphatic heterocycles. The van der Waals surface area contributed by atoms with Crippen LogP contribution in [0.25, 0.3) is 0 Å². The third kappa shape index (κ3) is 6.54. The molecule has 0 aliphatic rings. The van der Waals surface area contributed by atoms with E-state index in [9.17, 15) is 9.59 Å². The summed E-state index contributed by atoms with van der Waals surface area (Å²) in [6.45, 7) is 1.39. The van der Waals surface area contributed by atoms with E-state index in [-0.39, 0.29) is 6.61 Å². The number of hydrogen-bond donors (Lipinski definition) is 2. The van der Waals surface area contributed by atoms with Crippen molar-refractivity contribution >= 4 is 11.9 Å². The highest BCUT2D eigenvalue weighted by molar-refractivity contribution is 5.93. The van der Waals surface area contributed by atoms with Gasteiger partial charge in [-0.25, -0.2) is 9.59 Å². The molecule has 106 valence electrons. The first-order chi connectivity index (χ1) is 8.96. The fourth-order valence-corrected chi connectivity index (χ4v) is 0.978. The smallest absolute Gasteiger partial charge is 0.337 e. The molecule has 0 aliphatic carbocycles. The Morgan fingerprint density at radius 2 is 1.32 bits per heavy atom. The molecular weight excluding hydrogens is 252 g/mol. The lowest BCUT2D eigenvalue weighted by Crippen LogP contribution is -2.04. The third-order valence-electron chi connectivity index (χ3n) is 1.99. The molecule has 0 fully saturated rings. The number of carbonyl (C=O) groups is 2. The first-order valence-corrected chi connectivity index (χ1v) is 5.51. The average molecular weight is 270 g/mol. The average Bonchev–Trinajstić information content (AvgIpc) is 2.46. The number of benzene rings is 1. The number of ether oxygens (including phenoxy) is 2. The van der Waals surface area contributed by atoms with Gasteiger partial charge in [-0.15, -0.1) is 0 Å². The van der Waals surface area contributed by atoms with Crippen molar-refractivity contribution in [3.63, 3.8) is 0 Å². The molecule has 0 radical (unpaired) electrons. The van der Waals surface area contributed by atoms with E-state index < -0.39 is 18.0 Å². The monoisotopic (exact) mass is 270 g/mol. The second-order valence-electron chi connectivity index (χ2n) is 3.59. The standard InChI is InChI=1S/C10H10O4.C3H8O2/c1-13-9(11)7-3-5-8(6-4-7)10(12)14-2;1-3(5)2-4/h3-6H,1-2H3;3-5H,2H2,1H3. The Morgan fingerprint density at radius 1 is 1.05 bits per heavy atom. The van der Waals surface area contributed by atoms with E-state index in [0.717, 1.165) is 0 Å². The predicted octanol–water partition coefficient (Wildman–Crippen LogP) is 0.619. The lowest BCUT2D eigenvalue weighted by molar-refractivity contribution is 0.0586. The van der Waals surface area contributed by atoms with E-state index in [1.165, 1.54) is 45.4 Å². The molecule has 0 aromatic heterocycles. The zero-order chi connectivity index (χ0) is 14.8. The summed E-state index contributed by atoms with van der Waals surface area (Å²) in [7, 11) is 2.60. The van der Waals surface area contributed by atoms with Gasteiger partial charge in [0.2, 0.25) is 0 Å². The topological polar surface area (TPSA) is 93.1 Å². The van der Waals surface area contributed by atoms with Crippen LogP contribution in [0.1, 0.15) is 27.6 Å². The summed E-state index contributed by atoms with van der Waals surface area (Å²) in [4.78, 5) is 22.1. The number of carbonyl (C=O) groups excluding carboxylic acids is 2. The summed E-state index contributed by atoms with van der Waals surface area (Å²) in [5.74, 6) is -0.858. The van der Waals surface area contributed by atoms with Crippen LogP contribution in [0.2, 0.25) is 0 Å². The predicted molar refractivity (Wildman–Crippen MR) is 67.9 cm³/mol. The molecule has 1 aromatic carbocycles. The van der Waals surface area contributed by atoms with Gasteiger partial charge in [-0.05, 0) is 31.2 Å². The Morgan fingerprint density at radius 3 is 1.47 bits per heavy atom. The molecule has 2 N–H and O–H groups in total. The molecular formula is C13H18O6. The highest BCUT2D eigenvalue weighted by atomic mass is 16.5. The van der Waals surface area contributed by atoms with Gasteiger partial charge in [-0.1, -0.05) is 0 Å². The minimum absolute atomic E-state index is 0.139. The summed E-state index contributed by atoms with van der Waals surface area (Å²) in [6.07, 6.45) is -0.560. The molecule has 0 saturated heterocycles. The maximum Gasteiger partial charge on any atom is 0.337 e. The van der Waals surface area contributed by atoms with Crippen molar-refractivity contribution in [2.45, 2.75) is 13.0 Å². The molecule has 1 rings (SSSR count). The Labute approximate surface area is 111 Å². The minimum atomic E-state index is -0.560. The van der Waals surface area contributed by atoms with Crippen molar-refractivity contribution in [2.24, 2.45) is 0 Å². The normalized spacial score (nSPS) is 10.8. The van der Waals surface area contributed by atoms with Crippen LogP contribution in [-0.4, -0.2) is 49.1 Å². The molecule has 0 heterocycles. The lowest BCUT2D eigenvalue weighted by Gasteiger charge is -2.00.